The molecule has 1 fully saturated rings. The molecular formula is C14H17N5O3S. The van der Waals surface area contributed by atoms with E-state index in [2.05, 4.69) is 19.8 Å². The number of piperidine rings is 1. The number of hydrogen-bond acceptors (Lipinski definition) is 7. The fourth-order valence-electron chi connectivity index (χ4n) is 2.54. The summed E-state index contributed by atoms with van der Waals surface area (Å²) in [4.78, 5) is 30.0. The van der Waals surface area contributed by atoms with Crippen LogP contribution < -0.4 is 5.32 Å². The van der Waals surface area contributed by atoms with Crippen LogP contribution in [-0.4, -0.2) is 44.3 Å². The summed E-state index contributed by atoms with van der Waals surface area (Å²) in [5.74, 6) is 0.223. The molecule has 0 radical (unpaired) electrons. The molecule has 9 heteroatoms. The van der Waals surface area contributed by atoms with Gasteiger partial charge in [0.15, 0.2) is 5.82 Å². The van der Waals surface area contributed by atoms with Crippen molar-refractivity contribution in [2.24, 2.45) is 0 Å². The molecule has 23 heavy (non-hydrogen) atoms. The Morgan fingerprint density at radius 1 is 1.35 bits per heavy atom. The number of aryl methyl sites for hydroxylation is 2. The van der Waals surface area contributed by atoms with Gasteiger partial charge in [-0.2, -0.15) is 9.36 Å². The van der Waals surface area contributed by atoms with Gasteiger partial charge in [-0.1, -0.05) is 5.16 Å². The molecule has 0 saturated carbocycles. The molecule has 0 atom stereocenters. The van der Waals surface area contributed by atoms with Crippen LogP contribution in [0.25, 0.3) is 0 Å². The Balaban J connectivity index is 1.54. The number of rotatable bonds is 2. The van der Waals surface area contributed by atoms with E-state index in [1.165, 1.54) is 0 Å². The third-order valence-electron chi connectivity index (χ3n) is 3.73. The maximum atomic E-state index is 12.2. The molecule has 1 N–H and O–H groups in total. The Morgan fingerprint density at radius 2 is 2.09 bits per heavy atom. The number of nitrogens with one attached hydrogen (secondary N) is 1. The second-order valence-electron chi connectivity index (χ2n) is 5.53. The number of carbonyl (C=O) groups excluding carboxylic acids is 2. The number of likely N-dealkylation sites (tertiary alicyclic amines) is 1. The number of hydrogen-bond donors (Lipinski definition) is 1. The average Bonchev–Trinajstić information content (AvgIpc) is 3.15. The molecule has 122 valence electrons. The summed E-state index contributed by atoms with van der Waals surface area (Å²) in [5.41, 5.74) is 0.813. The molecule has 2 aromatic heterocycles. The van der Waals surface area contributed by atoms with Crippen molar-refractivity contribution in [2.75, 3.05) is 18.4 Å². The summed E-state index contributed by atoms with van der Waals surface area (Å²) in [6, 6.07) is 1.74. The van der Waals surface area contributed by atoms with Crippen molar-refractivity contribution in [2.45, 2.75) is 32.6 Å². The fraction of sp³-hybridized carbons (Fsp3) is 0.500. The number of aromatic nitrogens is 3. The number of anilines is 1. The molecule has 3 heterocycles. The van der Waals surface area contributed by atoms with Crippen molar-refractivity contribution in [3.63, 3.8) is 0 Å². The van der Waals surface area contributed by atoms with Gasteiger partial charge >= 0.3 is 11.8 Å². The number of nitrogens with zero attached hydrogens (tertiary/aromatic N) is 4. The van der Waals surface area contributed by atoms with Gasteiger partial charge < -0.3 is 14.7 Å². The predicted octanol–water partition coefficient (Wildman–Crippen LogP) is 1.49. The third-order valence-corrected chi connectivity index (χ3v) is 4.53. The van der Waals surface area contributed by atoms with Gasteiger partial charge in [-0.3, -0.25) is 9.59 Å². The average molecular weight is 335 g/mol. The minimum Gasteiger partial charge on any atom is -0.339 e. The molecule has 3 rings (SSSR count). The first-order valence-electron chi connectivity index (χ1n) is 7.36. The molecular weight excluding hydrogens is 318 g/mol. The highest BCUT2D eigenvalue weighted by Crippen LogP contribution is 2.26. The monoisotopic (exact) mass is 335 g/mol. The Morgan fingerprint density at radius 3 is 2.65 bits per heavy atom. The minimum atomic E-state index is -0.624. The topological polar surface area (TPSA) is 101 Å². The van der Waals surface area contributed by atoms with E-state index in [9.17, 15) is 9.59 Å². The first-order chi connectivity index (χ1) is 11.0. The maximum absolute atomic E-state index is 12.2. The lowest BCUT2D eigenvalue weighted by atomic mass is 9.96. The molecule has 0 aliphatic carbocycles. The quantitative estimate of drug-likeness (QED) is 0.834. The molecule has 1 aliphatic heterocycles. The van der Waals surface area contributed by atoms with Crippen molar-refractivity contribution < 1.29 is 14.1 Å². The van der Waals surface area contributed by atoms with Crippen LogP contribution in [0.15, 0.2) is 10.6 Å². The Labute approximate surface area is 137 Å². The number of amides is 2. The lowest BCUT2D eigenvalue weighted by Gasteiger charge is -2.29. The van der Waals surface area contributed by atoms with Crippen LogP contribution in [0.3, 0.4) is 0 Å². The summed E-state index contributed by atoms with van der Waals surface area (Å²) >= 11 is 1.16. The van der Waals surface area contributed by atoms with Crippen LogP contribution in [0, 0.1) is 13.8 Å². The van der Waals surface area contributed by atoms with E-state index in [1.54, 1.807) is 17.9 Å². The van der Waals surface area contributed by atoms with E-state index in [0.29, 0.717) is 42.6 Å². The molecule has 0 aromatic carbocycles. The molecule has 0 bridgehead atoms. The van der Waals surface area contributed by atoms with Crippen LogP contribution in [0.5, 0.6) is 0 Å². The molecule has 2 aromatic rings. The summed E-state index contributed by atoms with van der Waals surface area (Å²) in [7, 11) is 0. The van der Waals surface area contributed by atoms with Crippen LogP contribution in [0.4, 0.5) is 5.00 Å². The van der Waals surface area contributed by atoms with Crippen LogP contribution in [0.1, 0.15) is 36.2 Å². The van der Waals surface area contributed by atoms with Crippen LogP contribution in [-0.2, 0) is 9.59 Å². The zero-order valence-electron chi connectivity index (χ0n) is 12.9. The summed E-state index contributed by atoms with van der Waals surface area (Å²) in [6.45, 7) is 4.61. The second-order valence-corrected chi connectivity index (χ2v) is 6.34. The van der Waals surface area contributed by atoms with Gasteiger partial charge in [0.1, 0.15) is 5.00 Å². The van der Waals surface area contributed by atoms with Crippen LogP contribution >= 0.6 is 11.5 Å². The van der Waals surface area contributed by atoms with Crippen molar-refractivity contribution in [3.8, 4) is 0 Å². The van der Waals surface area contributed by atoms with E-state index in [0.717, 1.165) is 17.2 Å². The Bertz CT molecular complexity index is 718. The summed E-state index contributed by atoms with van der Waals surface area (Å²) in [6.07, 6.45) is 1.42. The fourth-order valence-corrected chi connectivity index (χ4v) is 3.20. The summed E-state index contributed by atoms with van der Waals surface area (Å²) < 4.78 is 9.24. The maximum Gasteiger partial charge on any atom is 0.314 e. The third kappa shape index (κ3) is 3.55. The highest BCUT2D eigenvalue weighted by molar-refractivity contribution is 7.10. The first-order valence-corrected chi connectivity index (χ1v) is 8.14. The highest BCUT2D eigenvalue weighted by Gasteiger charge is 2.30. The van der Waals surface area contributed by atoms with Crippen molar-refractivity contribution in [1.29, 1.82) is 0 Å². The van der Waals surface area contributed by atoms with Gasteiger partial charge in [0, 0.05) is 19.0 Å². The molecule has 2 amide bonds. The Hall–Kier alpha value is -2.29. The largest absolute Gasteiger partial charge is 0.339 e. The molecule has 0 spiro atoms. The van der Waals surface area contributed by atoms with Gasteiger partial charge in [-0.15, -0.1) is 0 Å². The first kappa shape index (κ1) is 15.6. The van der Waals surface area contributed by atoms with E-state index < -0.39 is 11.8 Å². The lowest BCUT2D eigenvalue weighted by Crippen LogP contribution is -2.43. The predicted molar refractivity (Wildman–Crippen MR) is 83.1 cm³/mol. The second kappa shape index (κ2) is 6.45. The zero-order chi connectivity index (χ0) is 16.4. The van der Waals surface area contributed by atoms with E-state index in [1.807, 2.05) is 6.92 Å². The van der Waals surface area contributed by atoms with Crippen molar-refractivity contribution in [3.05, 3.63) is 23.5 Å². The number of carbonyl (C=O) groups is 2. The van der Waals surface area contributed by atoms with Gasteiger partial charge in [0.05, 0.1) is 5.69 Å². The summed E-state index contributed by atoms with van der Waals surface area (Å²) in [5, 5.41) is 6.96. The lowest BCUT2D eigenvalue weighted by molar-refractivity contribution is -0.143. The highest BCUT2D eigenvalue weighted by atomic mass is 32.1. The molecule has 0 unspecified atom stereocenters. The Kier molecular flexibility index (Phi) is 4.37. The molecule has 8 nitrogen and oxygen atoms in total. The normalized spacial score (nSPS) is 15.7. The van der Waals surface area contributed by atoms with Gasteiger partial charge in [0.25, 0.3) is 0 Å². The van der Waals surface area contributed by atoms with Gasteiger partial charge in [-0.25, -0.2) is 0 Å². The molecule has 1 saturated heterocycles. The SMILES string of the molecule is Cc1cc(NC(=O)C(=O)N2CCC(c3nc(C)no3)CC2)sn1. The van der Waals surface area contributed by atoms with Crippen LogP contribution in [0.2, 0.25) is 0 Å². The zero-order valence-corrected chi connectivity index (χ0v) is 13.7. The minimum absolute atomic E-state index is 0.146. The van der Waals surface area contributed by atoms with Crippen molar-refractivity contribution >= 4 is 28.3 Å². The van der Waals surface area contributed by atoms with E-state index in [4.69, 9.17) is 4.52 Å². The van der Waals surface area contributed by atoms with E-state index >= 15 is 0 Å². The van der Waals surface area contributed by atoms with Gasteiger partial charge in [0.2, 0.25) is 5.89 Å². The molecule has 1 aliphatic rings. The standard InChI is InChI=1S/C14H17N5O3S/c1-8-7-11(23-18-8)16-12(20)14(21)19-5-3-10(4-6-19)13-15-9(2)17-22-13/h7,10H,3-6H2,1-2H3,(H,16,20). The van der Waals surface area contributed by atoms with Gasteiger partial charge in [-0.05, 0) is 44.3 Å². The van der Waals surface area contributed by atoms with Crippen molar-refractivity contribution in [1.82, 2.24) is 19.4 Å². The smallest absolute Gasteiger partial charge is 0.314 e. The van der Waals surface area contributed by atoms with E-state index in [-0.39, 0.29) is 5.92 Å².